The minimum Gasteiger partial charge on any atom is -0.759 e. The van der Waals surface area contributed by atoms with Crippen molar-refractivity contribution in [2.45, 2.75) is 12.8 Å². The van der Waals surface area contributed by atoms with Crippen LogP contribution in [0.15, 0.2) is 0 Å². The van der Waals surface area contributed by atoms with Crippen LogP contribution >= 0.6 is 0 Å². The summed E-state index contributed by atoms with van der Waals surface area (Å²) in [6, 6.07) is 0. The fourth-order valence-corrected chi connectivity index (χ4v) is 0.429. The summed E-state index contributed by atoms with van der Waals surface area (Å²) in [6.07, 6.45) is 1.79. The van der Waals surface area contributed by atoms with E-state index in [0.717, 1.165) is 12.8 Å². The van der Waals surface area contributed by atoms with Gasteiger partial charge in [-0.1, -0.05) is 0 Å². The van der Waals surface area contributed by atoms with Gasteiger partial charge in [-0.25, -0.2) is 0 Å². The summed E-state index contributed by atoms with van der Waals surface area (Å²) in [4.78, 5) is 10.2. The van der Waals surface area contributed by atoms with E-state index in [4.69, 9.17) is 0 Å². The number of nitrogens with one attached hydrogen (secondary N) is 1. The number of rotatable bonds is 1. The van der Waals surface area contributed by atoms with Gasteiger partial charge in [-0.3, -0.25) is 4.79 Å². The molecule has 7 heavy (non-hydrogen) atoms. The molecule has 1 amide bonds. The van der Waals surface area contributed by atoms with Crippen LogP contribution < -0.4 is 5.48 Å². The molecule has 40 valence electrons. The maximum atomic E-state index is 10.2. The lowest BCUT2D eigenvalue weighted by atomic mass is 10.4. The largest absolute Gasteiger partial charge is 0.759 e. The Morgan fingerprint density at radius 2 is 2.29 bits per heavy atom. The molecular formula is C4H6NO2-. The summed E-state index contributed by atoms with van der Waals surface area (Å²) in [5.74, 6) is -0.294. The topological polar surface area (TPSA) is 52.2 Å². The first-order chi connectivity index (χ1) is 3.34. The van der Waals surface area contributed by atoms with Gasteiger partial charge >= 0.3 is 0 Å². The zero-order chi connectivity index (χ0) is 5.28. The molecule has 1 rings (SSSR count). The van der Waals surface area contributed by atoms with Crippen molar-refractivity contribution in [3.05, 3.63) is 5.21 Å². The number of amides is 1. The second kappa shape index (κ2) is 1.50. The van der Waals surface area contributed by atoms with Gasteiger partial charge in [0.15, 0.2) is 0 Å². The van der Waals surface area contributed by atoms with E-state index in [1.54, 1.807) is 0 Å². The number of hydrogen-bond acceptors (Lipinski definition) is 2. The second-order valence-corrected chi connectivity index (χ2v) is 1.74. The van der Waals surface area contributed by atoms with E-state index in [0.29, 0.717) is 0 Å². The fraction of sp³-hybridized carbons (Fsp3) is 0.750. The minimum atomic E-state index is -0.347. The molecule has 0 aromatic rings. The van der Waals surface area contributed by atoms with Crippen molar-refractivity contribution >= 4 is 5.91 Å². The molecule has 0 atom stereocenters. The number of carbonyl (C=O) groups is 1. The summed E-state index contributed by atoms with van der Waals surface area (Å²) < 4.78 is 0. The van der Waals surface area contributed by atoms with Gasteiger partial charge in [0, 0.05) is 5.92 Å². The van der Waals surface area contributed by atoms with Crippen LogP contribution in [0.1, 0.15) is 12.8 Å². The molecule has 3 heteroatoms. The summed E-state index contributed by atoms with van der Waals surface area (Å²) in [5, 5.41) is 9.51. The maximum absolute atomic E-state index is 10.2. The lowest BCUT2D eigenvalue weighted by Gasteiger charge is -2.03. The van der Waals surface area contributed by atoms with Crippen molar-refractivity contribution in [3.8, 4) is 0 Å². The van der Waals surface area contributed by atoms with Crippen molar-refractivity contribution in [1.29, 1.82) is 0 Å². The van der Waals surface area contributed by atoms with E-state index in [1.165, 1.54) is 5.48 Å². The Kier molecular flexibility index (Phi) is 0.982. The fourth-order valence-electron chi connectivity index (χ4n) is 0.429. The summed E-state index contributed by atoms with van der Waals surface area (Å²) in [7, 11) is 0. The van der Waals surface area contributed by atoms with Gasteiger partial charge in [-0.15, -0.1) is 0 Å². The van der Waals surface area contributed by atoms with Crippen LogP contribution in [-0.2, 0) is 4.79 Å². The SMILES string of the molecule is O=C(N[O-])C1CC1. The van der Waals surface area contributed by atoms with Crippen LogP contribution in [0.5, 0.6) is 0 Å². The third-order valence-electron chi connectivity index (χ3n) is 1.05. The molecule has 0 aromatic carbocycles. The highest BCUT2D eigenvalue weighted by Gasteiger charge is 2.27. The Labute approximate surface area is 41.3 Å². The molecule has 0 heterocycles. The van der Waals surface area contributed by atoms with Crippen LogP contribution in [0.3, 0.4) is 0 Å². The van der Waals surface area contributed by atoms with Gasteiger partial charge in [0.1, 0.15) is 0 Å². The van der Waals surface area contributed by atoms with Crippen LogP contribution in [-0.4, -0.2) is 5.91 Å². The third-order valence-corrected chi connectivity index (χ3v) is 1.05. The van der Waals surface area contributed by atoms with Crippen molar-refractivity contribution in [1.82, 2.24) is 5.48 Å². The van der Waals surface area contributed by atoms with Crippen molar-refractivity contribution in [2.75, 3.05) is 0 Å². The zero-order valence-corrected chi connectivity index (χ0v) is 3.81. The first-order valence-electron chi connectivity index (χ1n) is 2.26. The summed E-state index contributed by atoms with van der Waals surface area (Å²) >= 11 is 0. The molecular weight excluding hydrogens is 94.0 g/mol. The maximum Gasteiger partial charge on any atom is 0.212 e. The normalized spacial score (nSPS) is 19.0. The highest BCUT2D eigenvalue weighted by molar-refractivity contribution is 5.80. The third kappa shape index (κ3) is 0.899. The number of hydroxylamine groups is 1. The van der Waals surface area contributed by atoms with E-state index in [1.807, 2.05) is 0 Å². The molecule has 0 aliphatic heterocycles. The Morgan fingerprint density at radius 1 is 1.71 bits per heavy atom. The van der Waals surface area contributed by atoms with Gasteiger partial charge in [0.2, 0.25) is 5.91 Å². The van der Waals surface area contributed by atoms with Crippen molar-refractivity contribution < 1.29 is 4.79 Å². The molecule has 0 unspecified atom stereocenters. The second-order valence-electron chi connectivity index (χ2n) is 1.74. The molecule has 0 spiro atoms. The molecule has 0 aromatic heterocycles. The average Bonchev–Trinajstić information content (AvgIpc) is 2.44. The number of hydrogen-bond donors (Lipinski definition) is 1. The predicted molar refractivity (Wildman–Crippen MR) is 24.2 cm³/mol. The highest BCUT2D eigenvalue weighted by atomic mass is 16.5. The van der Waals surface area contributed by atoms with Gasteiger partial charge in [0.25, 0.3) is 0 Å². The van der Waals surface area contributed by atoms with Gasteiger partial charge in [-0.2, -0.15) is 0 Å². The van der Waals surface area contributed by atoms with Crippen LogP contribution in [0, 0.1) is 11.1 Å². The molecule has 0 bridgehead atoms. The van der Waals surface area contributed by atoms with Crippen LogP contribution in [0.2, 0.25) is 0 Å². The minimum absolute atomic E-state index is 0.0532. The summed E-state index contributed by atoms with van der Waals surface area (Å²) in [6.45, 7) is 0. The molecule has 1 N–H and O–H groups in total. The van der Waals surface area contributed by atoms with Crippen LogP contribution in [0.4, 0.5) is 0 Å². The van der Waals surface area contributed by atoms with Crippen molar-refractivity contribution in [3.63, 3.8) is 0 Å². The van der Waals surface area contributed by atoms with Crippen molar-refractivity contribution in [2.24, 2.45) is 5.92 Å². The lowest BCUT2D eigenvalue weighted by molar-refractivity contribution is -0.121. The van der Waals surface area contributed by atoms with E-state index >= 15 is 0 Å². The molecule has 1 fully saturated rings. The van der Waals surface area contributed by atoms with E-state index in [9.17, 15) is 10.0 Å². The van der Waals surface area contributed by atoms with E-state index < -0.39 is 0 Å². The number of carbonyl (C=O) groups excluding carboxylic acids is 1. The quantitative estimate of drug-likeness (QED) is 0.472. The van der Waals surface area contributed by atoms with Gasteiger partial charge in [-0.05, 0) is 12.8 Å². The molecule has 1 aliphatic rings. The van der Waals surface area contributed by atoms with Crippen LogP contribution in [0.25, 0.3) is 0 Å². The van der Waals surface area contributed by atoms with E-state index in [-0.39, 0.29) is 11.8 Å². The standard InChI is InChI=1S/C4H6NO2/c6-4(5-7)3-1-2-3/h3H,1-2H2,(H-,5,6,7)/q-1. The lowest BCUT2D eigenvalue weighted by Crippen LogP contribution is -2.16. The Bertz CT molecular complexity index is 87.7. The molecule has 1 saturated carbocycles. The van der Waals surface area contributed by atoms with Gasteiger partial charge in [0.05, 0.1) is 0 Å². The molecule has 0 saturated heterocycles. The predicted octanol–water partition coefficient (Wildman–Crippen LogP) is 0.0104. The Morgan fingerprint density at radius 3 is 2.43 bits per heavy atom. The van der Waals surface area contributed by atoms with E-state index in [2.05, 4.69) is 0 Å². The molecule has 3 nitrogen and oxygen atoms in total. The smallest absolute Gasteiger partial charge is 0.212 e. The Balaban J connectivity index is 2.24. The highest BCUT2D eigenvalue weighted by Crippen LogP contribution is 2.28. The summed E-state index contributed by atoms with van der Waals surface area (Å²) in [5.41, 5.74) is 1.34. The monoisotopic (exact) mass is 100 g/mol. The first kappa shape index (κ1) is 4.59. The Hall–Kier alpha value is -0.570. The molecule has 0 radical (unpaired) electrons. The zero-order valence-electron chi connectivity index (χ0n) is 3.81. The molecule has 1 aliphatic carbocycles. The first-order valence-corrected chi connectivity index (χ1v) is 2.26. The van der Waals surface area contributed by atoms with Gasteiger partial charge < -0.3 is 10.7 Å². The average molecular weight is 100 g/mol.